The molecule has 1 aliphatic rings. The van der Waals surface area contributed by atoms with Gasteiger partial charge in [-0.2, -0.15) is 0 Å². The van der Waals surface area contributed by atoms with Crippen LogP contribution in [-0.2, 0) is 20.9 Å². The monoisotopic (exact) mass is 484 g/mol. The van der Waals surface area contributed by atoms with Crippen LogP contribution < -0.4 is 16.0 Å². The fourth-order valence-corrected chi connectivity index (χ4v) is 4.17. The number of carboxylic acid groups (broad SMARTS) is 1. The summed E-state index contributed by atoms with van der Waals surface area (Å²) in [7, 11) is 0. The lowest BCUT2D eigenvalue weighted by Gasteiger charge is -2.15. The van der Waals surface area contributed by atoms with E-state index in [1.54, 1.807) is 6.07 Å². The fourth-order valence-electron chi connectivity index (χ4n) is 3.17. The Morgan fingerprint density at radius 1 is 1.21 bits per heavy atom. The first-order valence-electron chi connectivity index (χ1n) is 11.0. The molecule has 2 heterocycles. The van der Waals surface area contributed by atoms with E-state index in [2.05, 4.69) is 20.9 Å². The molecule has 0 bridgehead atoms. The number of thiophene rings is 1. The third-order valence-electron chi connectivity index (χ3n) is 4.85. The maximum Gasteiger partial charge on any atom is 0.407 e. The van der Waals surface area contributed by atoms with Crippen molar-refractivity contribution in [2.75, 3.05) is 13.1 Å². The molecule has 1 aromatic heterocycles. The predicted molar refractivity (Wildman–Crippen MR) is 130 cm³/mol. The van der Waals surface area contributed by atoms with Gasteiger partial charge in [0, 0.05) is 29.3 Å². The Bertz CT molecular complexity index is 1030. The lowest BCUT2D eigenvalue weighted by molar-refractivity contribution is -0.137. The molecule has 0 spiro atoms. The van der Waals surface area contributed by atoms with Crippen LogP contribution in [0.3, 0.4) is 0 Å². The van der Waals surface area contributed by atoms with Gasteiger partial charge < -0.3 is 20.5 Å². The van der Waals surface area contributed by atoms with Gasteiger partial charge >= 0.3 is 12.1 Å². The lowest BCUT2D eigenvalue weighted by atomic mass is 10.1. The van der Waals surface area contributed by atoms with E-state index < -0.39 is 18.1 Å². The Hall–Kier alpha value is -3.66. The van der Waals surface area contributed by atoms with Crippen LogP contribution in [0.4, 0.5) is 4.79 Å². The number of benzene rings is 1. The number of nitrogens with one attached hydrogen (secondary N) is 3. The van der Waals surface area contributed by atoms with Gasteiger partial charge in [-0.3, -0.25) is 19.9 Å². The molecule has 3 rings (SSSR count). The first-order valence-corrected chi connectivity index (χ1v) is 11.8. The Morgan fingerprint density at radius 2 is 2.03 bits per heavy atom. The smallest absolute Gasteiger partial charge is 0.407 e. The molecule has 0 saturated carbocycles. The Balaban J connectivity index is 1.48. The van der Waals surface area contributed by atoms with Gasteiger partial charge in [-0.25, -0.2) is 4.79 Å². The van der Waals surface area contributed by atoms with Crippen molar-refractivity contribution in [1.29, 1.82) is 0 Å². The molecule has 34 heavy (non-hydrogen) atoms. The summed E-state index contributed by atoms with van der Waals surface area (Å²) >= 11 is 1.38. The first kappa shape index (κ1) is 25.0. The summed E-state index contributed by atoms with van der Waals surface area (Å²) in [5.74, 6) is -0.603. The van der Waals surface area contributed by atoms with E-state index in [1.807, 2.05) is 48.6 Å². The minimum atomic E-state index is -1.03. The number of carboxylic acids is 1. The molecule has 0 aliphatic carbocycles. The van der Waals surface area contributed by atoms with Crippen molar-refractivity contribution in [2.45, 2.75) is 38.3 Å². The van der Waals surface area contributed by atoms with Gasteiger partial charge in [-0.05, 0) is 36.6 Å². The van der Waals surface area contributed by atoms with Crippen LogP contribution in [0.5, 0.6) is 0 Å². The summed E-state index contributed by atoms with van der Waals surface area (Å²) in [4.78, 5) is 41.3. The molecule has 2 aromatic rings. The van der Waals surface area contributed by atoms with E-state index in [4.69, 9.17) is 4.74 Å². The Morgan fingerprint density at radius 3 is 2.76 bits per heavy atom. The number of nitrogens with zero attached hydrogens (tertiary/aromatic N) is 1. The van der Waals surface area contributed by atoms with Gasteiger partial charge in [-0.1, -0.05) is 36.4 Å². The number of hydrogen-bond donors (Lipinski definition) is 4. The average molecular weight is 485 g/mol. The molecule has 1 aromatic carbocycles. The first-order chi connectivity index (χ1) is 16.5. The minimum absolute atomic E-state index is 0.0991. The Kier molecular flexibility index (Phi) is 9.65. The summed E-state index contributed by atoms with van der Waals surface area (Å²) in [6.07, 6.45) is 4.66. The van der Waals surface area contributed by atoms with Gasteiger partial charge in [0.25, 0.3) is 0 Å². The molecule has 10 heteroatoms. The molecular formula is C24H28N4O5S. The number of amides is 2. The van der Waals surface area contributed by atoms with Gasteiger partial charge in [0.05, 0.1) is 12.5 Å². The van der Waals surface area contributed by atoms with E-state index in [0.29, 0.717) is 30.2 Å². The van der Waals surface area contributed by atoms with Crippen molar-refractivity contribution in [3.63, 3.8) is 0 Å². The van der Waals surface area contributed by atoms with E-state index in [0.717, 1.165) is 23.4 Å². The molecule has 1 aliphatic heterocycles. The molecule has 4 N–H and O–H groups in total. The quantitative estimate of drug-likeness (QED) is 0.409. The van der Waals surface area contributed by atoms with E-state index in [-0.39, 0.29) is 18.9 Å². The zero-order chi connectivity index (χ0) is 24.2. The molecule has 0 radical (unpaired) electrons. The van der Waals surface area contributed by atoms with Crippen molar-refractivity contribution >= 4 is 41.3 Å². The highest BCUT2D eigenvalue weighted by Crippen LogP contribution is 2.27. The van der Waals surface area contributed by atoms with Gasteiger partial charge in [-0.15, -0.1) is 11.3 Å². The number of rotatable bonds is 10. The molecular weight excluding hydrogens is 456 g/mol. The van der Waals surface area contributed by atoms with Gasteiger partial charge in [0.2, 0.25) is 5.91 Å². The summed E-state index contributed by atoms with van der Waals surface area (Å²) in [5.41, 5.74) is 0.840. The van der Waals surface area contributed by atoms with E-state index in [1.165, 1.54) is 11.3 Å². The SMILES string of the molecule is O=C(O)CC(NC(=O)OCc1ccccc1)c1ccc(C=CCCC(=O)NC2=NCCCN2)s1. The molecule has 1 unspecified atom stereocenters. The summed E-state index contributed by atoms with van der Waals surface area (Å²) in [6.45, 7) is 1.62. The predicted octanol–water partition coefficient (Wildman–Crippen LogP) is 3.45. The third-order valence-corrected chi connectivity index (χ3v) is 6.01. The van der Waals surface area contributed by atoms with Crippen molar-refractivity contribution < 1.29 is 24.2 Å². The number of aliphatic carboxylic acids is 1. The minimum Gasteiger partial charge on any atom is -0.481 e. The number of alkyl carbamates (subject to hydrolysis) is 1. The topological polar surface area (TPSA) is 129 Å². The molecule has 0 saturated heterocycles. The zero-order valence-corrected chi connectivity index (χ0v) is 19.5. The van der Waals surface area contributed by atoms with Crippen LogP contribution in [0.15, 0.2) is 53.5 Å². The van der Waals surface area contributed by atoms with Crippen molar-refractivity contribution in [3.05, 3.63) is 63.9 Å². The van der Waals surface area contributed by atoms with Crippen LogP contribution in [-0.4, -0.2) is 42.1 Å². The number of carbonyl (C=O) groups excluding carboxylic acids is 2. The Labute approximate surface area is 201 Å². The number of allylic oxidation sites excluding steroid dienone is 1. The highest BCUT2D eigenvalue weighted by Gasteiger charge is 2.20. The number of aliphatic imine (C=N–C) groups is 1. The maximum absolute atomic E-state index is 12.2. The number of guanidine groups is 1. The second-order valence-electron chi connectivity index (χ2n) is 7.60. The van der Waals surface area contributed by atoms with Crippen LogP contribution >= 0.6 is 11.3 Å². The van der Waals surface area contributed by atoms with Crippen LogP contribution in [0.1, 0.15) is 47.0 Å². The van der Waals surface area contributed by atoms with Crippen LogP contribution in [0.25, 0.3) is 6.08 Å². The van der Waals surface area contributed by atoms with E-state index in [9.17, 15) is 19.5 Å². The molecule has 9 nitrogen and oxygen atoms in total. The second kappa shape index (κ2) is 13.1. The average Bonchev–Trinajstić information content (AvgIpc) is 3.30. The lowest BCUT2D eigenvalue weighted by Crippen LogP contribution is -2.43. The van der Waals surface area contributed by atoms with Gasteiger partial charge in [0.15, 0.2) is 5.96 Å². The highest BCUT2D eigenvalue weighted by atomic mass is 32.1. The summed E-state index contributed by atoms with van der Waals surface area (Å²) < 4.78 is 5.22. The summed E-state index contributed by atoms with van der Waals surface area (Å²) in [6, 6.07) is 12.2. The van der Waals surface area contributed by atoms with Gasteiger partial charge in [0.1, 0.15) is 6.61 Å². The van der Waals surface area contributed by atoms with Crippen molar-refractivity contribution in [3.8, 4) is 0 Å². The molecule has 1 atom stereocenters. The van der Waals surface area contributed by atoms with Crippen LogP contribution in [0, 0.1) is 0 Å². The molecule has 2 amide bonds. The highest BCUT2D eigenvalue weighted by molar-refractivity contribution is 7.13. The summed E-state index contributed by atoms with van der Waals surface area (Å²) in [5, 5.41) is 17.7. The normalized spacial score (nSPS) is 14.1. The fraction of sp³-hybridized carbons (Fsp3) is 0.333. The number of carbonyl (C=O) groups is 3. The molecule has 0 fully saturated rings. The molecule has 180 valence electrons. The number of hydrogen-bond acceptors (Lipinski definition) is 7. The largest absolute Gasteiger partial charge is 0.481 e. The van der Waals surface area contributed by atoms with Crippen molar-refractivity contribution in [1.82, 2.24) is 16.0 Å². The van der Waals surface area contributed by atoms with E-state index >= 15 is 0 Å². The standard InChI is InChI=1S/C24H28N4O5S/c29-21(28-23-25-13-6-14-26-23)10-5-4-9-18-11-12-20(34-18)19(15-22(30)31)27-24(32)33-16-17-7-2-1-3-8-17/h1-4,7-9,11-12,19H,5-6,10,13-16H2,(H,27,32)(H,30,31)(H2,25,26,28,29). The van der Waals surface area contributed by atoms with Crippen molar-refractivity contribution in [2.24, 2.45) is 4.99 Å². The third kappa shape index (κ3) is 8.70. The maximum atomic E-state index is 12.2. The van der Waals surface area contributed by atoms with Crippen LogP contribution in [0.2, 0.25) is 0 Å². The zero-order valence-electron chi connectivity index (χ0n) is 18.7. The number of ether oxygens (including phenoxy) is 1. The second-order valence-corrected chi connectivity index (χ2v) is 8.74.